The Balaban J connectivity index is 2.43. The van der Waals surface area contributed by atoms with Gasteiger partial charge in [-0.3, -0.25) is 9.78 Å². The van der Waals surface area contributed by atoms with Gasteiger partial charge >= 0.3 is 0 Å². The zero-order valence-corrected chi connectivity index (χ0v) is 9.21. The lowest BCUT2D eigenvalue weighted by molar-refractivity contribution is -0.155. The normalized spacial score (nSPS) is 24.4. The Morgan fingerprint density at radius 3 is 2.94 bits per heavy atom. The van der Waals surface area contributed by atoms with Crippen molar-refractivity contribution < 1.29 is 9.90 Å². The van der Waals surface area contributed by atoms with E-state index < -0.39 is 5.72 Å². The number of hydrazone groups is 1. The molecule has 16 heavy (non-hydrogen) atoms. The van der Waals surface area contributed by atoms with Crippen LogP contribution in [0.4, 0.5) is 0 Å². The lowest BCUT2D eigenvalue weighted by Crippen LogP contribution is -2.42. The molecule has 0 radical (unpaired) electrons. The first-order chi connectivity index (χ1) is 7.54. The summed E-state index contributed by atoms with van der Waals surface area (Å²) in [4.78, 5) is 15.4. The first-order valence-corrected chi connectivity index (χ1v) is 5.02. The van der Waals surface area contributed by atoms with Gasteiger partial charge in [0.2, 0.25) is 5.91 Å². The highest BCUT2D eigenvalue weighted by atomic mass is 16.3. The summed E-state index contributed by atoms with van der Waals surface area (Å²) in [6.07, 6.45) is 3.48. The van der Waals surface area contributed by atoms with Crippen molar-refractivity contribution in [3.05, 3.63) is 30.1 Å². The Morgan fingerprint density at radius 2 is 2.38 bits per heavy atom. The standard InChI is InChI=1S/C11H13N3O2/c1-8-6-11(16,14(13-8)9(2)15)10-4-3-5-12-7-10/h3-5,7,16H,6H2,1-2H3/t11-/m0/s1. The summed E-state index contributed by atoms with van der Waals surface area (Å²) >= 11 is 0. The van der Waals surface area contributed by atoms with Crippen LogP contribution >= 0.6 is 0 Å². The van der Waals surface area contributed by atoms with Crippen molar-refractivity contribution in [2.24, 2.45) is 5.10 Å². The molecule has 2 rings (SSSR count). The van der Waals surface area contributed by atoms with Crippen molar-refractivity contribution in [3.8, 4) is 0 Å². The van der Waals surface area contributed by atoms with Crippen LogP contribution < -0.4 is 0 Å². The highest BCUT2D eigenvalue weighted by Crippen LogP contribution is 2.34. The van der Waals surface area contributed by atoms with Crippen LogP contribution in [-0.4, -0.2) is 26.7 Å². The van der Waals surface area contributed by atoms with Crippen molar-refractivity contribution in [1.29, 1.82) is 0 Å². The van der Waals surface area contributed by atoms with Crippen molar-refractivity contribution in [2.75, 3.05) is 0 Å². The predicted molar refractivity (Wildman–Crippen MR) is 58.4 cm³/mol. The first kappa shape index (κ1) is 10.8. The largest absolute Gasteiger partial charge is 0.365 e. The molecule has 5 nitrogen and oxygen atoms in total. The topological polar surface area (TPSA) is 65.8 Å². The van der Waals surface area contributed by atoms with E-state index in [9.17, 15) is 9.90 Å². The Hall–Kier alpha value is -1.75. The van der Waals surface area contributed by atoms with E-state index in [4.69, 9.17) is 0 Å². The Morgan fingerprint density at radius 1 is 1.62 bits per heavy atom. The van der Waals surface area contributed by atoms with Gasteiger partial charge in [0, 0.05) is 37.0 Å². The van der Waals surface area contributed by atoms with Crippen LogP contribution in [0.5, 0.6) is 0 Å². The SMILES string of the molecule is CC(=O)N1N=C(C)C[C@]1(O)c1cccnc1. The quantitative estimate of drug-likeness (QED) is 0.761. The minimum Gasteiger partial charge on any atom is -0.365 e. The molecule has 2 heterocycles. The van der Waals surface area contributed by atoms with Gasteiger partial charge in [-0.2, -0.15) is 10.1 Å². The van der Waals surface area contributed by atoms with Crippen molar-refractivity contribution >= 4 is 11.6 Å². The highest BCUT2D eigenvalue weighted by molar-refractivity contribution is 5.88. The average molecular weight is 219 g/mol. The van der Waals surface area contributed by atoms with Crippen LogP contribution in [0, 0.1) is 0 Å². The second-order valence-corrected chi connectivity index (χ2v) is 3.90. The molecule has 0 saturated carbocycles. The fourth-order valence-corrected chi connectivity index (χ4v) is 1.88. The summed E-state index contributed by atoms with van der Waals surface area (Å²) in [6.45, 7) is 3.16. The van der Waals surface area contributed by atoms with Crippen LogP contribution in [0.1, 0.15) is 25.8 Å². The zero-order valence-electron chi connectivity index (χ0n) is 9.21. The van der Waals surface area contributed by atoms with Gasteiger partial charge < -0.3 is 5.11 Å². The third kappa shape index (κ3) is 1.59. The Labute approximate surface area is 93.4 Å². The molecule has 0 bridgehead atoms. The van der Waals surface area contributed by atoms with Crippen LogP contribution in [0.15, 0.2) is 29.6 Å². The molecule has 0 fully saturated rings. The van der Waals surface area contributed by atoms with Gasteiger partial charge in [0.25, 0.3) is 0 Å². The Bertz CT molecular complexity index is 444. The van der Waals surface area contributed by atoms with Crippen molar-refractivity contribution in [1.82, 2.24) is 9.99 Å². The average Bonchev–Trinajstić information content (AvgIpc) is 2.57. The fourth-order valence-electron chi connectivity index (χ4n) is 1.88. The number of pyridine rings is 1. The minimum atomic E-state index is -1.38. The number of carbonyl (C=O) groups excluding carboxylic acids is 1. The van der Waals surface area contributed by atoms with E-state index in [1.54, 1.807) is 31.5 Å². The van der Waals surface area contributed by atoms with E-state index in [0.29, 0.717) is 12.0 Å². The van der Waals surface area contributed by atoms with Gasteiger partial charge in [-0.15, -0.1) is 0 Å². The molecule has 1 aliphatic heterocycles. The molecule has 1 atom stereocenters. The number of hydrogen-bond acceptors (Lipinski definition) is 4. The number of amides is 1. The molecule has 0 saturated heterocycles. The molecular weight excluding hydrogens is 206 g/mol. The monoisotopic (exact) mass is 219 g/mol. The van der Waals surface area contributed by atoms with E-state index in [1.165, 1.54) is 6.92 Å². The molecule has 1 amide bonds. The van der Waals surface area contributed by atoms with Gasteiger partial charge in [-0.1, -0.05) is 6.07 Å². The number of nitrogens with zero attached hydrogens (tertiary/aromatic N) is 3. The summed E-state index contributed by atoms with van der Waals surface area (Å²) in [5, 5.41) is 15.7. The van der Waals surface area contributed by atoms with Crippen molar-refractivity contribution in [3.63, 3.8) is 0 Å². The fraction of sp³-hybridized carbons (Fsp3) is 0.364. The van der Waals surface area contributed by atoms with Gasteiger partial charge in [-0.05, 0) is 13.0 Å². The zero-order chi connectivity index (χ0) is 11.8. The van der Waals surface area contributed by atoms with Gasteiger partial charge in [0.15, 0.2) is 5.72 Å². The summed E-state index contributed by atoms with van der Waals surface area (Å²) in [5.41, 5.74) is -0.0863. The summed E-state index contributed by atoms with van der Waals surface area (Å²) in [6, 6.07) is 3.45. The second kappa shape index (κ2) is 3.68. The number of hydrogen-bond donors (Lipinski definition) is 1. The van der Waals surface area contributed by atoms with Gasteiger partial charge in [-0.25, -0.2) is 0 Å². The number of carbonyl (C=O) groups is 1. The van der Waals surface area contributed by atoms with Gasteiger partial charge in [0.1, 0.15) is 0 Å². The van der Waals surface area contributed by atoms with Crippen LogP contribution in [0.25, 0.3) is 0 Å². The lowest BCUT2D eigenvalue weighted by atomic mass is 9.99. The predicted octanol–water partition coefficient (Wildman–Crippen LogP) is 0.855. The summed E-state index contributed by atoms with van der Waals surface area (Å²) in [5.74, 6) is -0.289. The molecule has 0 aliphatic carbocycles. The molecule has 5 heteroatoms. The maximum absolute atomic E-state index is 11.4. The second-order valence-electron chi connectivity index (χ2n) is 3.90. The number of rotatable bonds is 1. The minimum absolute atomic E-state index is 0.289. The molecule has 1 aliphatic rings. The molecule has 84 valence electrons. The Kier molecular flexibility index (Phi) is 2.47. The van der Waals surface area contributed by atoms with E-state index in [1.807, 2.05) is 0 Å². The third-order valence-corrected chi connectivity index (χ3v) is 2.55. The van der Waals surface area contributed by atoms with E-state index in [-0.39, 0.29) is 5.91 Å². The van der Waals surface area contributed by atoms with Crippen LogP contribution in [-0.2, 0) is 10.5 Å². The smallest absolute Gasteiger partial charge is 0.242 e. The van der Waals surface area contributed by atoms with Crippen molar-refractivity contribution in [2.45, 2.75) is 26.0 Å². The van der Waals surface area contributed by atoms with Crippen LogP contribution in [0.3, 0.4) is 0 Å². The summed E-state index contributed by atoms with van der Waals surface area (Å²) in [7, 11) is 0. The van der Waals surface area contributed by atoms with Gasteiger partial charge in [0.05, 0.1) is 0 Å². The number of aromatic nitrogens is 1. The molecule has 1 N–H and O–H groups in total. The lowest BCUT2D eigenvalue weighted by Gasteiger charge is -2.30. The van der Waals surface area contributed by atoms with Crippen LogP contribution in [0.2, 0.25) is 0 Å². The molecule has 1 aromatic rings. The molecule has 0 unspecified atom stereocenters. The maximum Gasteiger partial charge on any atom is 0.242 e. The molecular formula is C11H13N3O2. The van der Waals surface area contributed by atoms with E-state index >= 15 is 0 Å². The molecule has 0 aromatic carbocycles. The number of aliphatic hydroxyl groups is 1. The molecule has 1 aromatic heterocycles. The summed E-state index contributed by atoms with van der Waals surface area (Å²) < 4.78 is 0. The third-order valence-electron chi connectivity index (χ3n) is 2.55. The first-order valence-electron chi connectivity index (χ1n) is 5.02. The van der Waals surface area contributed by atoms with E-state index in [0.717, 1.165) is 10.7 Å². The molecule has 0 spiro atoms. The van der Waals surface area contributed by atoms with E-state index in [2.05, 4.69) is 10.1 Å². The highest BCUT2D eigenvalue weighted by Gasteiger charge is 2.43. The maximum atomic E-state index is 11.4.